The lowest BCUT2D eigenvalue weighted by Crippen LogP contribution is -2.53. The van der Waals surface area contributed by atoms with E-state index in [0.717, 1.165) is 5.56 Å². The summed E-state index contributed by atoms with van der Waals surface area (Å²) in [6.07, 6.45) is -0.180. The molecule has 2 amide bonds. The molecule has 6 nitrogen and oxygen atoms in total. The zero-order chi connectivity index (χ0) is 16.1. The van der Waals surface area contributed by atoms with E-state index in [-0.39, 0.29) is 24.0 Å². The summed E-state index contributed by atoms with van der Waals surface area (Å²) in [5.74, 6) is -0.297. The van der Waals surface area contributed by atoms with E-state index >= 15 is 0 Å². The van der Waals surface area contributed by atoms with Crippen LogP contribution in [0.1, 0.15) is 29.8 Å². The molecule has 0 unspecified atom stereocenters. The molecule has 0 spiro atoms. The molecule has 22 heavy (non-hydrogen) atoms. The molecule has 0 bridgehead atoms. The molecular weight excluding hydrogens is 282 g/mol. The molecule has 0 saturated carbocycles. The number of morpholine rings is 1. The Morgan fingerprint density at radius 1 is 1.41 bits per heavy atom. The van der Waals surface area contributed by atoms with Crippen molar-refractivity contribution in [1.29, 1.82) is 0 Å². The monoisotopic (exact) mass is 305 g/mol. The summed E-state index contributed by atoms with van der Waals surface area (Å²) < 4.78 is 5.49. The van der Waals surface area contributed by atoms with Gasteiger partial charge in [-0.1, -0.05) is 6.07 Å². The van der Waals surface area contributed by atoms with E-state index in [1.165, 1.54) is 0 Å². The minimum atomic E-state index is -0.388. The lowest BCUT2D eigenvalue weighted by molar-refractivity contribution is -0.123. The lowest BCUT2D eigenvalue weighted by atomic mass is 10.1. The highest BCUT2D eigenvalue weighted by molar-refractivity contribution is 5.99. The Labute approximate surface area is 130 Å². The maximum atomic E-state index is 12.4. The van der Waals surface area contributed by atoms with Crippen LogP contribution < -0.4 is 16.0 Å². The minimum absolute atomic E-state index is 0.148. The van der Waals surface area contributed by atoms with Crippen molar-refractivity contribution >= 4 is 17.5 Å². The van der Waals surface area contributed by atoms with E-state index in [2.05, 4.69) is 16.0 Å². The van der Waals surface area contributed by atoms with Gasteiger partial charge in [-0.25, -0.2) is 0 Å². The zero-order valence-electron chi connectivity index (χ0n) is 13.2. The Bertz CT molecular complexity index is 560. The number of aryl methyl sites for hydroxylation is 1. The molecule has 1 aromatic rings. The van der Waals surface area contributed by atoms with Crippen LogP contribution in [0.5, 0.6) is 0 Å². The van der Waals surface area contributed by atoms with Crippen LogP contribution >= 0.6 is 0 Å². The molecule has 1 heterocycles. The minimum Gasteiger partial charge on any atom is -0.375 e. The van der Waals surface area contributed by atoms with E-state index in [1.54, 1.807) is 12.1 Å². The second kappa shape index (κ2) is 7.38. The molecule has 1 aromatic carbocycles. The molecule has 2 atom stereocenters. The number of nitrogens with one attached hydrogen (secondary N) is 3. The van der Waals surface area contributed by atoms with E-state index in [1.807, 2.05) is 26.8 Å². The molecule has 120 valence electrons. The van der Waals surface area contributed by atoms with Gasteiger partial charge in [0.15, 0.2) is 0 Å². The molecule has 1 saturated heterocycles. The quantitative estimate of drug-likeness (QED) is 0.777. The molecule has 2 rings (SSSR count). The van der Waals surface area contributed by atoms with Gasteiger partial charge in [-0.2, -0.15) is 0 Å². The summed E-state index contributed by atoms with van der Waals surface area (Å²) in [5.41, 5.74) is 2.09. The summed E-state index contributed by atoms with van der Waals surface area (Å²) in [6, 6.07) is 4.89. The lowest BCUT2D eigenvalue weighted by Gasteiger charge is -2.29. The van der Waals surface area contributed by atoms with Crippen molar-refractivity contribution in [2.75, 3.05) is 25.0 Å². The average Bonchev–Trinajstić information content (AvgIpc) is 2.50. The molecule has 1 aliphatic rings. The first-order valence-electron chi connectivity index (χ1n) is 7.57. The first-order chi connectivity index (χ1) is 10.5. The van der Waals surface area contributed by atoms with Crippen LogP contribution in [0.4, 0.5) is 5.69 Å². The van der Waals surface area contributed by atoms with Gasteiger partial charge in [-0.05, 0) is 38.5 Å². The summed E-state index contributed by atoms with van der Waals surface area (Å²) in [4.78, 5) is 24.3. The van der Waals surface area contributed by atoms with Crippen molar-refractivity contribution < 1.29 is 14.3 Å². The van der Waals surface area contributed by atoms with E-state index in [4.69, 9.17) is 4.74 Å². The smallest absolute Gasteiger partial charge is 0.251 e. The first-order valence-corrected chi connectivity index (χ1v) is 7.57. The Kier molecular flexibility index (Phi) is 5.51. The Hall–Kier alpha value is -1.92. The number of carbonyl (C=O) groups excluding carboxylic acids is 2. The topological polar surface area (TPSA) is 79.5 Å². The highest BCUT2D eigenvalue weighted by Gasteiger charge is 2.28. The first kappa shape index (κ1) is 16.5. The van der Waals surface area contributed by atoms with E-state index < -0.39 is 0 Å². The van der Waals surface area contributed by atoms with E-state index in [9.17, 15) is 9.59 Å². The summed E-state index contributed by atoms with van der Waals surface area (Å²) in [5, 5.41) is 8.78. The van der Waals surface area contributed by atoms with Gasteiger partial charge in [-0.3, -0.25) is 9.59 Å². The van der Waals surface area contributed by atoms with Crippen LogP contribution in [0.15, 0.2) is 18.2 Å². The van der Waals surface area contributed by atoms with Gasteiger partial charge in [0.25, 0.3) is 5.91 Å². The van der Waals surface area contributed by atoms with Crippen molar-refractivity contribution in [3.05, 3.63) is 29.3 Å². The third-order valence-corrected chi connectivity index (χ3v) is 3.69. The molecule has 0 aliphatic carbocycles. The van der Waals surface area contributed by atoms with Crippen LogP contribution in [0, 0.1) is 6.92 Å². The van der Waals surface area contributed by atoms with E-state index in [0.29, 0.717) is 30.9 Å². The molecule has 0 aromatic heterocycles. The third kappa shape index (κ3) is 3.84. The second-order valence-corrected chi connectivity index (χ2v) is 5.39. The number of hydrogen-bond acceptors (Lipinski definition) is 4. The normalized spacial score (nSPS) is 21.2. The van der Waals surface area contributed by atoms with Crippen molar-refractivity contribution in [3.8, 4) is 0 Å². The van der Waals surface area contributed by atoms with Crippen LogP contribution in [0.25, 0.3) is 0 Å². The third-order valence-electron chi connectivity index (χ3n) is 3.69. The SMILES string of the molecule is CCNC(=O)c1ccc(C)c(NC(=O)[C@H]2NCCO[C@@H]2C)c1. The Morgan fingerprint density at radius 2 is 2.18 bits per heavy atom. The van der Waals surface area contributed by atoms with Gasteiger partial charge >= 0.3 is 0 Å². The molecule has 1 aliphatic heterocycles. The number of carbonyl (C=O) groups is 2. The number of amides is 2. The largest absolute Gasteiger partial charge is 0.375 e. The fraction of sp³-hybridized carbons (Fsp3) is 0.500. The van der Waals surface area contributed by atoms with Crippen molar-refractivity contribution in [2.24, 2.45) is 0 Å². The number of hydrogen-bond donors (Lipinski definition) is 3. The van der Waals surface area contributed by atoms with Gasteiger partial charge in [0, 0.05) is 24.3 Å². The fourth-order valence-corrected chi connectivity index (χ4v) is 2.40. The highest BCUT2D eigenvalue weighted by Crippen LogP contribution is 2.18. The van der Waals surface area contributed by atoms with Crippen LogP contribution in [-0.4, -0.2) is 43.7 Å². The van der Waals surface area contributed by atoms with Crippen molar-refractivity contribution in [1.82, 2.24) is 10.6 Å². The van der Waals surface area contributed by atoms with Crippen molar-refractivity contribution in [3.63, 3.8) is 0 Å². The summed E-state index contributed by atoms with van der Waals surface area (Å²) in [7, 11) is 0. The number of anilines is 1. The molecule has 6 heteroatoms. The number of benzene rings is 1. The molecule has 3 N–H and O–H groups in total. The average molecular weight is 305 g/mol. The summed E-state index contributed by atoms with van der Waals surface area (Å²) in [6.45, 7) is 7.46. The fourth-order valence-electron chi connectivity index (χ4n) is 2.40. The predicted molar refractivity (Wildman–Crippen MR) is 85.0 cm³/mol. The predicted octanol–water partition coefficient (Wildman–Crippen LogP) is 1.06. The van der Waals surface area contributed by atoms with Crippen molar-refractivity contribution in [2.45, 2.75) is 32.9 Å². The maximum absolute atomic E-state index is 12.4. The molecular formula is C16H23N3O3. The second-order valence-electron chi connectivity index (χ2n) is 5.39. The summed E-state index contributed by atoms with van der Waals surface area (Å²) >= 11 is 0. The standard InChI is InChI=1S/C16H23N3O3/c1-4-17-15(20)12-6-5-10(2)13(9-12)19-16(21)14-11(3)22-8-7-18-14/h5-6,9,11,14,18H,4,7-8H2,1-3H3,(H,17,20)(H,19,21)/t11-,14+/m1/s1. The molecule has 1 fully saturated rings. The van der Waals surface area contributed by atoms with Gasteiger partial charge in [-0.15, -0.1) is 0 Å². The highest BCUT2D eigenvalue weighted by atomic mass is 16.5. The number of ether oxygens (including phenoxy) is 1. The van der Waals surface area contributed by atoms with Gasteiger partial charge in [0.1, 0.15) is 6.04 Å². The van der Waals surface area contributed by atoms with Gasteiger partial charge in [0.2, 0.25) is 5.91 Å². The Morgan fingerprint density at radius 3 is 2.86 bits per heavy atom. The molecule has 0 radical (unpaired) electrons. The zero-order valence-corrected chi connectivity index (χ0v) is 13.2. The van der Waals surface area contributed by atoms with Crippen LogP contribution in [0.3, 0.4) is 0 Å². The van der Waals surface area contributed by atoms with Gasteiger partial charge in [0.05, 0.1) is 12.7 Å². The van der Waals surface area contributed by atoms with Crippen LogP contribution in [0.2, 0.25) is 0 Å². The van der Waals surface area contributed by atoms with Crippen LogP contribution in [-0.2, 0) is 9.53 Å². The maximum Gasteiger partial charge on any atom is 0.251 e. The number of rotatable bonds is 4. The Balaban J connectivity index is 2.12. The van der Waals surface area contributed by atoms with Gasteiger partial charge < -0.3 is 20.7 Å².